The molecule has 0 bridgehead atoms. The van der Waals surface area contributed by atoms with Gasteiger partial charge in [0.25, 0.3) is 5.69 Å². The van der Waals surface area contributed by atoms with E-state index in [4.69, 9.17) is 53.0 Å². The van der Waals surface area contributed by atoms with Gasteiger partial charge in [-0.25, -0.2) is 14.4 Å². The Balaban J connectivity index is 0.000000204. The summed E-state index contributed by atoms with van der Waals surface area (Å²) in [5.41, 5.74) is 2.53. The molecular weight excluding hydrogens is 1060 g/mol. The van der Waals surface area contributed by atoms with Crippen molar-refractivity contribution in [2.75, 3.05) is 88.6 Å². The summed E-state index contributed by atoms with van der Waals surface area (Å²) in [6, 6.07) is 20.0. The summed E-state index contributed by atoms with van der Waals surface area (Å²) in [5, 5.41) is 23.8. The number of anilines is 2. The van der Waals surface area contributed by atoms with Crippen LogP contribution in [0.4, 0.5) is 17.1 Å². The van der Waals surface area contributed by atoms with Crippen LogP contribution in [0.1, 0.15) is 58.9 Å². The molecule has 5 aromatic rings. The molecule has 2 atom stereocenters. The van der Waals surface area contributed by atoms with E-state index in [1.54, 1.807) is 96.2 Å². The normalized spacial score (nSPS) is 18.9. The molecule has 20 nitrogen and oxygen atoms in total. The predicted octanol–water partition coefficient (Wildman–Crippen LogP) is 9.60. The number of nitrogens with one attached hydrogen (secondary N) is 1. The van der Waals surface area contributed by atoms with Gasteiger partial charge in [-0.05, 0) is 92.7 Å². The van der Waals surface area contributed by atoms with Crippen LogP contribution in [0.3, 0.4) is 0 Å². The fraction of sp³-hybridized carbons (Fsp3) is 0.469. The van der Waals surface area contributed by atoms with E-state index < -0.39 is 19.5 Å². The van der Waals surface area contributed by atoms with Crippen LogP contribution in [-0.4, -0.2) is 113 Å². The summed E-state index contributed by atoms with van der Waals surface area (Å²) in [5.74, 6) is 0.497. The fourth-order valence-electron chi connectivity index (χ4n) is 8.32. The standard InChI is InChI=1S/C28H34ClN6O6P.C21H27Cl2N4O4P/c1-3-41-42(39,31-18-21-7-9-23(10-8-21)35(37)38)33-15-13-32(14-16-33)25-19-30-34(24-6-4-5-22(29)17-24)27(36)26(25)40-20-28(2)11-12-28;1-3-31-32(23,29)26-11-9-25(10-12-26)18-14-24-27(17-6-4-5-16(22)13-17)20(28)19(18)30-15-21(2)7-8-21/h4-10,17,19H,3,11-16,18,20H2,1-2H3,(H,31,39);4-6,13-14H,3,7-12,15H2,1-2H3. The van der Waals surface area contributed by atoms with Crippen LogP contribution in [-0.2, 0) is 24.7 Å². The lowest BCUT2D eigenvalue weighted by Crippen LogP contribution is -2.47. The van der Waals surface area contributed by atoms with Gasteiger partial charge < -0.3 is 28.3 Å². The maximum Gasteiger partial charge on any atom is 0.363 e. The topological polar surface area (TPSA) is 209 Å². The van der Waals surface area contributed by atoms with Gasteiger partial charge >= 0.3 is 25.7 Å². The largest absolute Gasteiger partial charge is 0.486 e. The zero-order chi connectivity index (χ0) is 52.8. The van der Waals surface area contributed by atoms with Gasteiger partial charge in [0.1, 0.15) is 11.4 Å². The summed E-state index contributed by atoms with van der Waals surface area (Å²) in [7, 11) is -3.41. The van der Waals surface area contributed by atoms with Gasteiger partial charge in [-0.15, -0.1) is 0 Å². The average Bonchev–Trinajstić information content (AvgIpc) is 4.32. The Morgan fingerprint density at radius 1 is 0.676 bits per heavy atom. The number of nitro benzene ring substituents is 1. The first kappa shape index (κ1) is 55.4. The zero-order valence-corrected chi connectivity index (χ0v) is 45.8. The minimum Gasteiger partial charge on any atom is -0.486 e. The predicted molar refractivity (Wildman–Crippen MR) is 287 cm³/mol. The molecule has 398 valence electrons. The van der Waals surface area contributed by atoms with E-state index in [1.165, 1.54) is 21.5 Å². The minimum absolute atomic E-state index is 0.00725. The van der Waals surface area contributed by atoms with E-state index in [9.17, 15) is 28.8 Å². The average molecular weight is 1120 g/mol. The van der Waals surface area contributed by atoms with E-state index in [0.717, 1.165) is 31.2 Å². The van der Waals surface area contributed by atoms with Crippen molar-refractivity contribution in [3.05, 3.63) is 132 Å². The summed E-state index contributed by atoms with van der Waals surface area (Å²) in [6.45, 7) is 9.77. The number of benzene rings is 3. The summed E-state index contributed by atoms with van der Waals surface area (Å²) in [6.07, 6.45) is 7.54. The van der Waals surface area contributed by atoms with Gasteiger partial charge in [-0.3, -0.25) is 28.8 Å². The molecule has 2 saturated heterocycles. The van der Waals surface area contributed by atoms with Crippen LogP contribution in [0.5, 0.6) is 11.5 Å². The first-order chi connectivity index (χ1) is 35.3. The fourth-order valence-corrected chi connectivity index (χ4v) is 12.5. The Hall–Kier alpha value is -4.85. The van der Waals surface area contributed by atoms with Crippen LogP contribution in [0.25, 0.3) is 11.4 Å². The second-order valence-corrected chi connectivity index (χ2v) is 25.3. The lowest BCUT2D eigenvalue weighted by atomic mass is 10.2. The van der Waals surface area contributed by atoms with E-state index in [1.807, 2.05) is 9.80 Å². The molecule has 3 aromatic carbocycles. The number of aromatic nitrogens is 4. The number of hydrogen-bond donors (Lipinski definition) is 1. The highest BCUT2D eigenvalue weighted by atomic mass is 35.7. The third kappa shape index (κ3) is 13.6. The number of nitrogens with zero attached hydrogens (tertiary/aromatic N) is 9. The Morgan fingerprint density at radius 3 is 1.53 bits per heavy atom. The minimum atomic E-state index is -3.41. The highest BCUT2D eigenvalue weighted by molar-refractivity contribution is 7.83. The molecule has 4 aliphatic rings. The molecule has 2 saturated carbocycles. The first-order valence-corrected chi connectivity index (χ1v) is 29.3. The van der Waals surface area contributed by atoms with Crippen molar-refractivity contribution in [2.24, 2.45) is 10.8 Å². The Kier molecular flexibility index (Phi) is 17.7. The maximum absolute atomic E-state index is 13.9. The van der Waals surface area contributed by atoms with Crippen LogP contribution in [0, 0.1) is 20.9 Å². The number of hydrogen-bond acceptors (Lipinski definition) is 14. The van der Waals surface area contributed by atoms with Crippen molar-refractivity contribution in [1.29, 1.82) is 0 Å². The van der Waals surface area contributed by atoms with Crippen molar-refractivity contribution < 1.29 is 32.6 Å². The van der Waals surface area contributed by atoms with Crippen molar-refractivity contribution in [1.82, 2.24) is 34.0 Å². The molecule has 2 aliphatic heterocycles. The molecule has 1 N–H and O–H groups in total. The highest BCUT2D eigenvalue weighted by Crippen LogP contribution is 2.56. The number of rotatable bonds is 20. The maximum atomic E-state index is 13.9. The molecule has 0 radical (unpaired) electrons. The van der Waals surface area contributed by atoms with E-state index in [0.29, 0.717) is 98.4 Å². The van der Waals surface area contributed by atoms with Crippen molar-refractivity contribution >= 4 is 66.0 Å². The molecule has 2 aliphatic carbocycles. The summed E-state index contributed by atoms with van der Waals surface area (Å²) in [4.78, 5) is 41.6. The lowest BCUT2D eigenvalue weighted by Gasteiger charge is -2.39. The van der Waals surface area contributed by atoms with Gasteiger partial charge in [0.15, 0.2) is 0 Å². The van der Waals surface area contributed by atoms with Gasteiger partial charge in [-0.1, -0.05) is 61.3 Å². The monoisotopic (exact) mass is 1120 g/mol. The molecule has 9 rings (SSSR count). The molecular formula is C49H61Cl3N10O10P2. The number of nitro groups is 1. The molecule has 2 unspecified atom stereocenters. The Labute approximate surface area is 444 Å². The lowest BCUT2D eigenvalue weighted by molar-refractivity contribution is -0.384. The molecule has 4 fully saturated rings. The third-order valence-electron chi connectivity index (χ3n) is 13.4. The SMILES string of the molecule is CCOP(=O)(Cl)N1CCN(c2cnn(-c3cccc(Cl)c3)c(=O)c2OCC2(C)CC2)CC1.CCOP(=O)(NCc1ccc([N+](=O)[O-])cc1)N1CCN(c2cnn(-c3cccc(Cl)c3)c(=O)c2OCC2(C)CC2)CC1. The molecule has 0 spiro atoms. The second kappa shape index (κ2) is 23.6. The first-order valence-electron chi connectivity index (χ1n) is 24.5. The van der Waals surface area contributed by atoms with Crippen molar-refractivity contribution in [3.8, 4) is 22.9 Å². The van der Waals surface area contributed by atoms with Gasteiger partial charge in [0, 0.05) is 91.9 Å². The Morgan fingerprint density at radius 2 is 1.12 bits per heavy atom. The number of halogens is 3. The highest BCUT2D eigenvalue weighted by Gasteiger charge is 2.41. The van der Waals surface area contributed by atoms with Crippen LogP contribution in [0.15, 0.2) is 94.8 Å². The van der Waals surface area contributed by atoms with E-state index >= 15 is 0 Å². The number of piperazine rings is 2. The van der Waals surface area contributed by atoms with Gasteiger partial charge in [0.2, 0.25) is 11.5 Å². The molecule has 25 heteroatoms. The number of non-ortho nitro benzene ring substituents is 1. The molecule has 74 heavy (non-hydrogen) atoms. The van der Waals surface area contributed by atoms with Gasteiger partial charge in [0.05, 0.1) is 55.1 Å². The Bertz CT molecular complexity index is 3020. The second-order valence-electron chi connectivity index (χ2n) is 19.3. The summed E-state index contributed by atoms with van der Waals surface area (Å²) >= 11 is 18.4. The van der Waals surface area contributed by atoms with Crippen LogP contribution >= 0.6 is 49.0 Å². The van der Waals surface area contributed by atoms with Crippen LogP contribution in [0.2, 0.25) is 10.0 Å². The quantitative estimate of drug-likeness (QED) is 0.0437. The summed E-state index contributed by atoms with van der Waals surface area (Å²) < 4.78 is 55.7. The molecule has 4 heterocycles. The van der Waals surface area contributed by atoms with E-state index in [2.05, 4.69) is 29.1 Å². The number of ether oxygens (including phenoxy) is 2. The van der Waals surface area contributed by atoms with Crippen LogP contribution < -0.4 is 35.5 Å². The smallest absolute Gasteiger partial charge is 0.363 e. The third-order valence-corrected chi connectivity index (χ3v) is 18.8. The van der Waals surface area contributed by atoms with E-state index in [-0.39, 0.29) is 58.9 Å². The molecule has 2 aromatic heterocycles. The van der Waals surface area contributed by atoms with Crippen molar-refractivity contribution in [3.63, 3.8) is 0 Å². The van der Waals surface area contributed by atoms with Crippen molar-refractivity contribution in [2.45, 2.75) is 59.9 Å². The van der Waals surface area contributed by atoms with Gasteiger partial charge in [-0.2, -0.15) is 19.6 Å². The molecule has 0 amide bonds. The zero-order valence-electron chi connectivity index (χ0n) is 41.7.